The number of hydrogen-bond acceptors (Lipinski definition) is 4. The Labute approximate surface area is 184 Å². The van der Waals surface area contributed by atoms with Crippen LogP contribution in [0.4, 0.5) is 0 Å². The van der Waals surface area contributed by atoms with Gasteiger partial charge in [0.15, 0.2) is 0 Å². The molecule has 0 spiro atoms. The zero-order valence-corrected chi connectivity index (χ0v) is 19.3. The molecule has 162 valence electrons. The van der Waals surface area contributed by atoms with Gasteiger partial charge in [-0.3, -0.25) is 9.59 Å². The van der Waals surface area contributed by atoms with E-state index in [1.54, 1.807) is 30.7 Å². The summed E-state index contributed by atoms with van der Waals surface area (Å²) in [5.74, 6) is 1.23. The van der Waals surface area contributed by atoms with E-state index in [-0.39, 0.29) is 17.4 Å². The fourth-order valence-corrected chi connectivity index (χ4v) is 3.76. The van der Waals surface area contributed by atoms with Crippen molar-refractivity contribution in [2.24, 2.45) is 0 Å². The molecular formula is C24H32N2O3S. The van der Waals surface area contributed by atoms with Crippen molar-refractivity contribution in [2.45, 2.75) is 57.1 Å². The van der Waals surface area contributed by atoms with Crippen LogP contribution in [0.2, 0.25) is 0 Å². The van der Waals surface area contributed by atoms with Gasteiger partial charge in [-0.1, -0.05) is 30.3 Å². The van der Waals surface area contributed by atoms with Gasteiger partial charge in [-0.15, -0.1) is 11.8 Å². The third-order valence-electron chi connectivity index (χ3n) is 4.51. The van der Waals surface area contributed by atoms with Gasteiger partial charge in [0, 0.05) is 29.2 Å². The number of methoxy groups -OCH3 is 1. The minimum absolute atomic E-state index is 0.0363. The molecule has 2 aromatic carbocycles. The summed E-state index contributed by atoms with van der Waals surface area (Å²) in [6, 6.07) is 17.0. The number of carbonyl (C=O) groups is 2. The Kier molecular flexibility index (Phi) is 8.78. The van der Waals surface area contributed by atoms with Crippen LogP contribution in [0.15, 0.2) is 59.5 Å². The van der Waals surface area contributed by atoms with Crippen LogP contribution < -0.4 is 10.1 Å². The van der Waals surface area contributed by atoms with E-state index < -0.39 is 6.04 Å². The average molecular weight is 429 g/mol. The molecule has 1 atom stereocenters. The van der Waals surface area contributed by atoms with Gasteiger partial charge < -0.3 is 15.0 Å². The number of benzene rings is 2. The first-order valence-electron chi connectivity index (χ1n) is 10.1. The summed E-state index contributed by atoms with van der Waals surface area (Å²) < 4.78 is 5.21. The Hall–Kier alpha value is -2.47. The minimum Gasteiger partial charge on any atom is -0.497 e. The first kappa shape index (κ1) is 23.8. The third kappa shape index (κ3) is 7.75. The fraction of sp³-hybridized carbons (Fsp3) is 0.417. The van der Waals surface area contributed by atoms with Gasteiger partial charge in [0.25, 0.3) is 0 Å². The van der Waals surface area contributed by atoms with E-state index in [4.69, 9.17) is 4.74 Å². The fourth-order valence-electron chi connectivity index (χ4n) is 2.90. The summed E-state index contributed by atoms with van der Waals surface area (Å²) in [5, 5.41) is 2.98. The summed E-state index contributed by atoms with van der Waals surface area (Å²) in [6.45, 7) is 7.96. The molecule has 0 saturated carbocycles. The number of hydrogen-bond donors (Lipinski definition) is 1. The molecule has 0 aromatic heterocycles. The zero-order valence-electron chi connectivity index (χ0n) is 18.5. The molecule has 2 amide bonds. The van der Waals surface area contributed by atoms with Crippen LogP contribution in [0.25, 0.3) is 0 Å². The predicted octanol–water partition coefficient (Wildman–Crippen LogP) is 4.51. The smallest absolute Gasteiger partial charge is 0.242 e. The van der Waals surface area contributed by atoms with Crippen LogP contribution in [0.3, 0.4) is 0 Å². The largest absolute Gasteiger partial charge is 0.497 e. The summed E-state index contributed by atoms with van der Waals surface area (Å²) in [6.07, 6.45) is 0.364. The van der Waals surface area contributed by atoms with Crippen molar-refractivity contribution in [2.75, 3.05) is 12.9 Å². The number of amides is 2. The van der Waals surface area contributed by atoms with E-state index in [1.807, 2.05) is 75.4 Å². The van der Waals surface area contributed by atoms with E-state index in [9.17, 15) is 9.59 Å². The van der Waals surface area contributed by atoms with Gasteiger partial charge in [0.05, 0.1) is 7.11 Å². The van der Waals surface area contributed by atoms with Crippen molar-refractivity contribution in [3.63, 3.8) is 0 Å². The summed E-state index contributed by atoms with van der Waals surface area (Å²) in [4.78, 5) is 28.6. The van der Waals surface area contributed by atoms with E-state index in [2.05, 4.69) is 5.32 Å². The van der Waals surface area contributed by atoms with Crippen molar-refractivity contribution < 1.29 is 14.3 Å². The quantitative estimate of drug-likeness (QED) is 0.597. The van der Waals surface area contributed by atoms with Gasteiger partial charge in [-0.25, -0.2) is 0 Å². The zero-order chi connectivity index (χ0) is 22.1. The summed E-state index contributed by atoms with van der Waals surface area (Å²) in [7, 11) is 1.62. The maximum atomic E-state index is 13.1. The minimum atomic E-state index is -0.569. The molecule has 5 nitrogen and oxygen atoms in total. The monoisotopic (exact) mass is 428 g/mol. The van der Waals surface area contributed by atoms with Gasteiger partial charge in [-0.05, 0) is 57.5 Å². The highest BCUT2D eigenvalue weighted by molar-refractivity contribution is 7.99. The van der Waals surface area contributed by atoms with Gasteiger partial charge in [-0.2, -0.15) is 0 Å². The topological polar surface area (TPSA) is 58.6 Å². The van der Waals surface area contributed by atoms with Crippen LogP contribution in [-0.4, -0.2) is 41.2 Å². The molecule has 6 heteroatoms. The molecule has 0 aliphatic carbocycles. The normalized spacial score (nSPS) is 12.2. The van der Waals surface area contributed by atoms with Gasteiger partial charge >= 0.3 is 0 Å². The lowest BCUT2D eigenvalue weighted by atomic mass is 10.1. The van der Waals surface area contributed by atoms with E-state index in [0.29, 0.717) is 18.7 Å². The van der Waals surface area contributed by atoms with Crippen molar-refractivity contribution in [1.29, 1.82) is 0 Å². The number of rotatable bonds is 9. The Bertz CT molecular complexity index is 817. The van der Waals surface area contributed by atoms with Crippen molar-refractivity contribution >= 4 is 23.6 Å². The molecule has 2 aromatic rings. The Morgan fingerprint density at radius 1 is 1.07 bits per heavy atom. The van der Waals surface area contributed by atoms with E-state index in [0.717, 1.165) is 16.2 Å². The first-order chi connectivity index (χ1) is 14.2. The molecule has 30 heavy (non-hydrogen) atoms. The second-order valence-electron chi connectivity index (χ2n) is 8.20. The molecule has 0 radical (unpaired) electrons. The average Bonchev–Trinajstić information content (AvgIpc) is 2.71. The Balaban J connectivity index is 2.09. The molecule has 0 aliphatic heterocycles. The van der Waals surface area contributed by atoms with Crippen molar-refractivity contribution in [1.82, 2.24) is 10.2 Å². The number of carbonyl (C=O) groups excluding carboxylic acids is 2. The van der Waals surface area contributed by atoms with Gasteiger partial charge in [0.1, 0.15) is 11.8 Å². The summed E-state index contributed by atoms with van der Waals surface area (Å²) in [5.41, 5.74) is 0.596. The number of thioether (sulfide) groups is 1. The Morgan fingerprint density at radius 2 is 1.70 bits per heavy atom. The highest BCUT2D eigenvalue weighted by atomic mass is 32.2. The lowest BCUT2D eigenvalue weighted by Gasteiger charge is -2.31. The maximum Gasteiger partial charge on any atom is 0.242 e. The second kappa shape index (κ2) is 11.1. The molecule has 0 fully saturated rings. The molecule has 2 rings (SSSR count). The van der Waals surface area contributed by atoms with E-state index in [1.165, 1.54) is 0 Å². The summed E-state index contributed by atoms with van der Waals surface area (Å²) >= 11 is 1.64. The van der Waals surface area contributed by atoms with Crippen LogP contribution in [0, 0.1) is 0 Å². The first-order valence-corrected chi connectivity index (χ1v) is 11.1. The van der Waals surface area contributed by atoms with E-state index >= 15 is 0 Å². The molecular weight excluding hydrogens is 396 g/mol. The van der Waals surface area contributed by atoms with Crippen LogP contribution >= 0.6 is 11.8 Å². The molecule has 0 aliphatic rings. The van der Waals surface area contributed by atoms with Crippen LogP contribution in [0.1, 0.15) is 39.7 Å². The molecule has 0 unspecified atom stereocenters. The second-order valence-corrected chi connectivity index (χ2v) is 9.36. The number of nitrogens with one attached hydrogen (secondary N) is 1. The lowest BCUT2D eigenvalue weighted by Crippen LogP contribution is -2.52. The third-order valence-corrected chi connectivity index (χ3v) is 5.52. The highest BCUT2D eigenvalue weighted by Gasteiger charge is 2.28. The maximum absolute atomic E-state index is 13.1. The standard InChI is InChI=1S/C24H32N2O3S/c1-18(23(28)25-24(2,3)4)26(17-19-11-13-20(29-5)14-12-19)22(27)15-16-30-21-9-7-6-8-10-21/h6-14,18H,15-17H2,1-5H3,(H,25,28)/t18-/m0/s1. The molecule has 0 saturated heterocycles. The Morgan fingerprint density at radius 3 is 2.27 bits per heavy atom. The van der Waals surface area contributed by atoms with Crippen molar-refractivity contribution in [3.8, 4) is 5.75 Å². The van der Waals surface area contributed by atoms with Crippen LogP contribution in [-0.2, 0) is 16.1 Å². The number of nitrogens with zero attached hydrogens (tertiary/aromatic N) is 1. The van der Waals surface area contributed by atoms with Gasteiger partial charge in [0.2, 0.25) is 11.8 Å². The molecule has 1 N–H and O–H groups in total. The number of ether oxygens (including phenoxy) is 1. The van der Waals surface area contributed by atoms with Crippen molar-refractivity contribution in [3.05, 3.63) is 60.2 Å². The highest BCUT2D eigenvalue weighted by Crippen LogP contribution is 2.20. The lowest BCUT2D eigenvalue weighted by molar-refractivity contribution is -0.140. The predicted molar refractivity (Wildman–Crippen MR) is 123 cm³/mol. The van der Waals surface area contributed by atoms with Crippen LogP contribution in [0.5, 0.6) is 5.75 Å². The molecule has 0 heterocycles. The molecule has 0 bridgehead atoms. The SMILES string of the molecule is COc1ccc(CN(C(=O)CCSc2ccccc2)[C@@H](C)C(=O)NC(C)(C)C)cc1.